The third-order valence-corrected chi connectivity index (χ3v) is 1.49. The van der Waals surface area contributed by atoms with Crippen molar-refractivity contribution in [2.24, 2.45) is 0 Å². The van der Waals surface area contributed by atoms with Crippen molar-refractivity contribution in [1.29, 1.82) is 0 Å². The van der Waals surface area contributed by atoms with Gasteiger partial charge in [-0.2, -0.15) is 0 Å². The average Bonchev–Trinajstić information content (AvgIpc) is 2.30. The van der Waals surface area contributed by atoms with Crippen molar-refractivity contribution in [1.82, 2.24) is 0 Å². The Labute approximate surface area is 101 Å². The summed E-state index contributed by atoms with van der Waals surface area (Å²) in [6.45, 7) is 11.7. The maximum atomic E-state index is 10.3. The molecule has 96 valence electrons. The van der Waals surface area contributed by atoms with E-state index in [2.05, 4.69) is 13.8 Å². The first-order valence-electron chi connectivity index (χ1n) is 6.20. The molecule has 0 saturated heterocycles. The van der Waals surface area contributed by atoms with Crippen LogP contribution in [0.25, 0.3) is 0 Å². The Morgan fingerprint density at radius 3 is 1.31 bits per heavy atom. The maximum Gasteiger partial charge on any atom is 0.155 e. The summed E-state index contributed by atoms with van der Waals surface area (Å²) in [4.78, 5) is 20.5. The fraction of sp³-hybridized carbons (Fsp3) is 0.714. The van der Waals surface area contributed by atoms with Gasteiger partial charge in [0.2, 0.25) is 0 Å². The first-order chi connectivity index (χ1) is 7.53. The number of hydrogen-bond acceptors (Lipinski definition) is 2. The zero-order chi connectivity index (χ0) is 13.4. The van der Waals surface area contributed by atoms with E-state index in [1.54, 1.807) is 12.2 Å². The Kier molecular flexibility index (Phi) is 25.1. The number of carbonyl (C=O) groups excluding carboxylic acids is 2. The summed E-state index contributed by atoms with van der Waals surface area (Å²) in [5, 5.41) is 0. The van der Waals surface area contributed by atoms with Gasteiger partial charge in [0.25, 0.3) is 0 Å². The van der Waals surface area contributed by atoms with E-state index in [0.717, 1.165) is 0 Å². The molecule has 0 aromatic rings. The second-order valence-corrected chi connectivity index (χ2v) is 3.27. The topological polar surface area (TPSA) is 34.1 Å². The summed E-state index contributed by atoms with van der Waals surface area (Å²) in [7, 11) is 0. The summed E-state index contributed by atoms with van der Waals surface area (Å²) < 4.78 is 0. The van der Waals surface area contributed by atoms with Crippen molar-refractivity contribution >= 4 is 11.6 Å². The van der Waals surface area contributed by atoms with Gasteiger partial charge < -0.3 is 0 Å². The third kappa shape index (κ3) is 29.2. The molecule has 0 N–H and O–H groups in total. The molecule has 0 fully saturated rings. The van der Waals surface area contributed by atoms with Crippen LogP contribution in [0.1, 0.15) is 67.2 Å². The lowest BCUT2D eigenvalue weighted by molar-refractivity contribution is -0.118. The smallest absolute Gasteiger partial charge is 0.155 e. The molecule has 0 bridgehead atoms. The summed E-state index contributed by atoms with van der Waals surface area (Å²) in [6, 6.07) is 0. The SMILES string of the molecule is CC=CC(=O)CC.CCC.CCC(=O)CC. The molecular weight excluding hydrogens is 200 g/mol. The van der Waals surface area contributed by atoms with E-state index in [-0.39, 0.29) is 5.78 Å². The highest BCUT2D eigenvalue weighted by atomic mass is 16.1. The largest absolute Gasteiger partial charge is 0.300 e. The van der Waals surface area contributed by atoms with E-state index < -0.39 is 0 Å². The van der Waals surface area contributed by atoms with Gasteiger partial charge in [0.05, 0.1) is 0 Å². The van der Waals surface area contributed by atoms with Crippen LogP contribution in [0.15, 0.2) is 12.2 Å². The van der Waals surface area contributed by atoms with Crippen LogP contribution in [0.5, 0.6) is 0 Å². The number of allylic oxidation sites excluding steroid dienone is 2. The van der Waals surface area contributed by atoms with Gasteiger partial charge in [0, 0.05) is 19.3 Å². The quantitative estimate of drug-likeness (QED) is 0.671. The molecule has 0 saturated carbocycles. The third-order valence-electron chi connectivity index (χ3n) is 1.49. The highest BCUT2D eigenvalue weighted by molar-refractivity contribution is 5.89. The fourth-order valence-corrected chi connectivity index (χ4v) is 0.554. The van der Waals surface area contributed by atoms with Gasteiger partial charge in [-0.25, -0.2) is 0 Å². The van der Waals surface area contributed by atoms with Gasteiger partial charge in [-0.15, -0.1) is 0 Å². The Balaban J connectivity index is -0.000000172. The van der Waals surface area contributed by atoms with Gasteiger partial charge in [-0.1, -0.05) is 47.1 Å². The van der Waals surface area contributed by atoms with Crippen molar-refractivity contribution < 1.29 is 9.59 Å². The molecule has 0 unspecified atom stereocenters. The summed E-state index contributed by atoms with van der Waals surface area (Å²) in [5.41, 5.74) is 0. The Morgan fingerprint density at radius 1 is 0.875 bits per heavy atom. The van der Waals surface area contributed by atoms with Crippen molar-refractivity contribution in [3.8, 4) is 0 Å². The number of rotatable bonds is 4. The van der Waals surface area contributed by atoms with Gasteiger partial charge in [0.1, 0.15) is 5.78 Å². The molecular formula is C14H28O2. The zero-order valence-corrected chi connectivity index (χ0v) is 11.8. The van der Waals surface area contributed by atoms with Crippen LogP contribution < -0.4 is 0 Å². The first-order valence-corrected chi connectivity index (χ1v) is 6.20. The molecule has 16 heavy (non-hydrogen) atoms. The molecule has 0 aromatic heterocycles. The van der Waals surface area contributed by atoms with E-state index in [1.807, 2.05) is 27.7 Å². The van der Waals surface area contributed by atoms with Gasteiger partial charge in [-0.3, -0.25) is 9.59 Å². The average molecular weight is 228 g/mol. The van der Waals surface area contributed by atoms with Crippen LogP contribution in [0.3, 0.4) is 0 Å². The van der Waals surface area contributed by atoms with E-state index in [0.29, 0.717) is 25.0 Å². The standard InChI is InChI=1S/C6H10O.C5H10O.C3H8/c1-3-5-6(7)4-2;1-3-5(6)4-2;1-3-2/h3,5H,4H2,1-2H3;3-4H2,1-2H3;3H2,1-2H3. The van der Waals surface area contributed by atoms with Crippen LogP contribution in [0, 0.1) is 0 Å². The summed E-state index contributed by atoms with van der Waals surface area (Å²) >= 11 is 0. The molecule has 0 amide bonds. The molecule has 0 rings (SSSR count). The van der Waals surface area contributed by atoms with E-state index in [4.69, 9.17) is 0 Å². The Hall–Kier alpha value is -0.920. The lowest BCUT2D eigenvalue weighted by atomic mass is 10.3. The molecule has 2 nitrogen and oxygen atoms in total. The van der Waals surface area contributed by atoms with Crippen LogP contribution in [-0.4, -0.2) is 11.6 Å². The minimum atomic E-state index is 0.197. The van der Waals surface area contributed by atoms with Gasteiger partial charge >= 0.3 is 0 Å². The highest BCUT2D eigenvalue weighted by Crippen LogP contribution is 1.83. The first kappa shape index (κ1) is 20.5. The minimum Gasteiger partial charge on any atom is -0.300 e. The molecule has 0 heterocycles. The molecule has 0 aliphatic carbocycles. The highest BCUT2D eigenvalue weighted by Gasteiger charge is 1.86. The van der Waals surface area contributed by atoms with Crippen molar-refractivity contribution in [3.05, 3.63) is 12.2 Å². The summed E-state index contributed by atoms with van der Waals surface area (Å²) in [5.74, 6) is 0.539. The number of carbonyl (C=O) groups is 2. The molecule has 0 aliphatic heterocycles. The van der Waals surface area contributed by atoms with Gasteiger partial charge in [-0.05, 0) is 13.0 Å². The molecule has 0 atom stereocenters. The number of ketones is 2. The predicted octanol–water partition coefficient (Wildman–Crippen LogP) is 4.33. The number of Topliss-reactive ketones (excluding diaryl/α,β-unsaturated/α-hetero) is 1. The van der Waals surface area contributed by atoms with Crippen LogP contribution in [0.2, 0.25) is 0 Å². The van der Waals surface area contributed by atoms with Crippen molar-refractivity contribution in [2.75, 3.05) is 0 Å². The second-order valence-electron chi connectivity index (χ2n) is 3.27. The normalized spacial score (nSPS) is 8.62. The fourth-order valence-electron chi connectivity index (χ4n) is 0.554. The second kappa shape index (κ2) is 19.6. The lowest BCUT2D eigenvalue weighted by Crippen LogP contribution is -1.88. The molecule has 0 radical (unpaired) electrons. The monoisotopic (exact) mass is 228 g/mol. The molecule has 0 aromatic carbocycles. The summed E-state index contributed by atoms with van der Waals surface area (Å²) in [6.07, 6.45) is 6.59. The van der Waals surface area contributed by atoms with Crippen LogP contribution in [0.4, 0.5) is 0 Å². The van der Waals surface area contributed by atoms with Gasteiger partial charge in [0.15, 0.2) is 5.78 Å². The predicted molar refractivity (Wildman–Crippen MR) is 71.7 cm³/mol. The van der Waals surface area contributed by atoms with E-state index in [9.17, 15) is 9.59 Å². The van der Waals surface area contributed by atoms with Crippen LogP contribution in [-0.2, 0) is 9.59 Å². The Bertz CT molecular complexity index is 175. The number of hydrogen-bond donors (Lipinski definition) is 0. The molecule has 2 heteroatoms. The van der Waals surface area contributed by atoms with Crippen molar-refractivity contribution in [2.45, 2.75) is 67.2 Å². The Morgan fingerprint density at radius 2 is 1.25 bits per heavy atom. The zero-order valence-electron chi connectivity index (χ0n) is 11.8. The van der Waals surface area contributed by atoms with E-state index >= 15 is 0 Å². The van der Waals surface area contributed by atoms with Crippen molar-refractivity contribution in [3.63, 3.8) is 0 Å². The molecule has 0 spiro atoms. The minimum absolute atomic E-state index is 0.197. The molecule has 0 aliphatic rings. The van der Waals surface area contributed by atoms with Crippen LogP contribution >= 0.6 is 0 Å². The lowest BCUT2D eigenvalue weighted by Gasteiger charge is -1.81. The maximum absolute atomic E-state index is 10.3. The van der Waals surface area contributed by atoms with E-state index in [1.165, 1.54) is 6.42 Å².